The molecule has 2 atom stereocenters. The van der Waals surface area contributed by atoms with E-state index in [1.54, 1.807) is 13.0 Å². The molecule has 1 fully saturated rings. The lowest BCUT2D eigenvalue weighted by Crippen LogP contribution is -2.44. The van der Waals surface area contributed by atoms with Gasteiger partial charge in [-0.3, -0.25) is 10.1 Å². The molecule has 1 aromatic carbocycles. The van der Waals surface area contributed by atoms with E-state index in [1.807, 2.05) is 12.1 Å². The summed E-state index contributed by atoms with van der Waals surface area (Å²) < 4.78 is 0. The van der Waals surface area contributed by atoms with Crippen LogP contribution in [0.2, 0.25) is 0 Å². The molecule has 0 spiro atoms. The summed E-state index contributed by atoms with van der Waals surface area (Å²) in [6, 6.07) is 5.89. The van der Waals surface area contributed by atoms with Crippen LogP contribution in [0, 0.1) is 23.0 Å². The molecule has 2 unspecified atom stereocenters. The van der Waals surface area contributed by atoms with E-state index < -0.39 is 0 Å². The minimum absolute atomic E-state index is 0.194. The molecule has 1 aliphatic heterocycles. The number of rotatable bonds is 3. The second-order valence-corrected chi connectivity index (χ2v) is 5.41. The van der Waals surface area contributed by atoms with Gasteiger partial charge in [0.15, 0.2) is 0 Å². The molecule has 1 heterocycles. The van der Waals surface area contributed by atoms with Crippen LogP contribution in [0.15, 0.2) is 18.2 Å². The molecule has 0 radical (unpaired) electrons. The molecule has 104 valence electrons. The van der Waals surface area contributed by atoms with Crippen molar-refractivity contribution >= 4 is 11.4 Å². The zero-order chi connectivity index (χ0) is 14.0. The lowest BCUT2D eigenvalue weighted by molar-refractivity contribution is -0.385. The summed E-state index contributed by atoms with van der Waals surface area (Å²) in [5.41, 5.74) is 7.59. The highest BCUT2D eigenvalue weighted by atomic mass is 16.6. The van der Waals surface area contributed by atoms with Crippen LogP contribution in [0.25, 0.3) is 0 Å². The summed E-state index contributed by atoms with van der Waals surface area (Å²) in [7, 11) is 0. The van der Waals surface area contributed by atoms with E-state index in [9.17, 15) is 10.1 Å². The van der Waals surface area contributed by atoms with Gasteiger partial charge in [-0.25, -0.2) is 0 Å². The van der Waals surface area contributed by atoms with Crippen LogP contribution in [0.4, 0.5) is 11.4 Å². The number of piperidine rings is 1. The minimum Gasteiger partial charge on any atom is -0.368 e. The molecule has 5 heteroatoms. The highest BCUT2D eigenvalue weighted by Gasteiger charge is 2.26. The van der Waals surface area contributed by atoms with E-state index >= 15 is 0 Å². The number of hydrogen-bond donors (Lipinski definition) is 1. The van der Waals surface area contributed by atoms with Gasteiger partial charge in [-0.15, -0.1) is 0 Å². The first kappa shape index (κ1) is 13.8. The van der Waals surface area contributed by atoms with Crippen molar-refractivity contribution < 1.29 is 4.92 Å². The van der Waals surface area contributed by atoms with Gasteiger partial charge in [-0.05, 0) is 45.2 Å². The first-order valence-electron chi connectivity index (χ1n) is 6.74. The first-order chi connectivity index (χ1) is 9.02. The second kappa shape index (κ2) is 5.57. The van der Waals surface area contributed by atoms with Crippen molar-refractivity contribution in [2.75, 3.05) is 18.0 Å². The number of anilines is 1. The van der Waals surface area contributed by atoms with Gasteiger partial charge in [0.05, 0.1) is 4.92 Å². The molecule has 0 aromatic heterocycles. The van der Waals surface area contributed by atoms with Gasteiger partial charge < -0.3 is 10.6 Å². The Balaban J connectivity index is 2.29. The normalized spacial score (nSPS) is 23.4. The van der Waals surface area contributed by atoms with E-state index in [4.69, 9.17) is 5.73 Å². The minimum atomic E-state index is -0.312. The number of nitro groups is 1. The fourth-order valence-corrected chi connectivity index (χ4v) is 2.71. The van der Waals surface area contributed by atoms with E-state index in [0.29, 0.717) is 24.1 Å². The molecular weight excluding hydrogens is 242 g/mol. The maximum absolute atomic E-state index is 11.0. The van der Waals surface area contributed by atoms with Gasteiger partial charge in [0.1, 0.15) is 0 Å². The van der Waals surface area contributed by atoms with Crippen LogP contribution in [0.5, 0.6) is 0 Å². The van der Waals surface area contributed by atoms with Gasteiger partial charge in [0.2, 0.25) is 0 Å². The topological polar surface area (TPSA) is 72.4 Å². The number of aryl methyl sites for hydroxylation is 1. The quantitative estimate of drug-likeness (QED) is 0.671. The van der Waals surface area contributed by atoms with Crippen molar-refractivity contribution in [3.8, 4) is 0 Å². The van der Waals surface area contributed by atoms with Crippen LogP contribution in [0.3, 0.4) is 0 Å². The lowest BCUT2D eigenvalue weighted by Gasteiger charge is -2.39. The third-order valence-corrected chi connectivity index (χ3v) is 4.03. The Bertz CT molecular complexity index is 476. The number of nitrogens with zero attached hydrogens (tertiary/aromatic N) is 2. The molecule has 2 N–H and O–H groups in total. The van der Waals surface area contributed by atoms with Crippen molar-refractivity contribution in [2.45, 2.75) is 32.7 Å². The standard InChI is InChI=1S/C14H21N3O2/c1-10-3-6-13(7-14(10)17(18)19)16-9-12(8-15)5-4-11(16)2/h3,6-7,11-12H,4-5,8-9,15H2,1-2H3. The Morgan fingerprint density at radius 2 is 2.21 bits per heavy atom. The van der Waals surface area contributed by atoms with E-state index in [1.165, 1.54) is 0 Å². The Morgan fingerprint density at radius 3 is 2.84 bits per heavy atom. The zero-order valence-corrected chi connectivity index (χ0v) is 11.5. The van der Waals surface area contributed by atoms with Crippen LogP contribution in [0.1, 0.15) is 25.3 Å². The van der Waals surface area contributed by atoms with Crippen LogP contribution >= 0.6 is 0 Å². The number of benzene rings is 1. The average molecular weight is 263 g/mol. The van der Waals surface area contributed by atoms with Crippen molar-refractivity contribution in [3.63, 3.8) is 0 Å². The molecule has 5 nitrogen and oxygen atoms in total. The average Bonchev–Trinajstić information content (AvgIpc) is 2.40. The first-order valence-corrected chi connectivity index (χ1v) is 6.74. The highest BCUT2D eigenvalue weighted by molar-refractivity contribution is 5.57. The predicted molar refractivity (Wildman–Crippen MR) is 76.4 cm³/mol. The number of nitro benzene ring substituents is 1. The Kier molecular flexibility index (Phi) is 4.04. The summed E-state index contributed by atoms with van der Waals surface area (Å²) >= 11 is 0. The maximum atomic E-state index is 11.0. The molecule has 19 heavy (non-hydrogen) atoms. The largest absolute Gasteiger partial charge is 0.368 e. The molecule has 1 saturated heterocycles. The number of hydrogen-bond acceptors (Lipinski definition) is 4. The maximum Gasteiger partial charge on any atom is 0.274 e. The molecule has 0 bridgehead atoms. The van der Waals surface area contributed by atoms with Crippen molar-refractivity contribution in [3.05, 3.63) is 33.9 Å². The van der Waals surface area contributed by atoms with Crippen molar-refractivity contribution in [2.24, 2.45) is 11.7 Å². The van der Waals surface area contributed by atoms with Gasteiger partial charge in [0, 0.05) is 29.9 Å². The van der Waals surface area contributed by atoms with Gasteiger partial charge in [-0.1, -0.05) is 6.07 Å². The third kappa shape index (κ3) is 2.87. The molecule has 2 rings (SSSR count). The number of nitrogens with two attached hydrogens (primary N) is 1. The van der Waals surface area contributed by atoms with E-state index in [2.05, 4.69) is 11.8 Å². The SMILES string of the molecule is Cc1ccc(N2CC(CN)CCC2C)cc1[N+](=O)[O-]. The molecule has 0 amide bonds. The highest BCUT2D eigenvalue weighted by Crippen LogP contribution is 2.31. The monoisotopic (exact) mass is 263 g/mol. The molecule has 1 aromatic rings. The lowest BCUT2D eigenvalue weighted by atomic mass is 9.93. The Morgan fingerprint density at radius 1 is 1.47 bits per heavy atom. The summed E-state index contributed by atoms with van der Waals surface area (Å²) in [6.45, 7) is 5.50. The van der Waals surface area contributed by atoms with Crippen LogP contribution in [-0.4, -0.2) is 24.1 Å². The zero-order valence-electron chi connectivity index (χ0n) is 11.5. The van der Waals surface area contributed by atoms with Crippen molar-refractivity contribution in [1.29, 1.82) is 0 Å². The summed E-state index contributed by atoms with van der Waals surface area (Å²) in [5.74, 6) is 0.483. The van der Waals surface area contributed by atoms with E-state index in [0.717, 1.165) is 25.1 Å². The molecule has 1 aliphatic rings. The smallest absolute Gasteiger partial charge is 0.274 e. The van der Waals surface area contributed by atoms with Crippen molar-refractivity contribution in [1.82, 2.24) is 0 Å². The van der Waals surface area contributed by atoms with Crippen LogP contribution < -0.4 is 10.6 Å². The molecular formula is C14H21N3O2. The molecule has 0 aliphatic carbocycles. The van der Waals surface area contributed by atoms with Crippen LogP contribution in [-0.2, 0) is 0 Å². The fourth-order valence-electron chi connectivity index (χ4n) is 2.71. The van der Waals surface area contributed by atoms with Gasteiger partial charge in [-0.2, -0.15) is 0 Å². The summed E-state index contributed by atoms with van der Waals surface area (Å²) in [5, 5.41) is 11.0. The van der Waals surface area contributed by atoms with Gasteiger partial charge >= 0.3 is 0 Å². The second-order valence-electron chi connectivity index (χ2n) is 5.41. The van der Waals surface area contributed by atoms with Gasteiger partial charge in [0.25, 0.3) is 5.69 Å². The fraction of sp³-hybridized carbons (Fsp3) is 0.571. The predicted octanol–water partition coefficient (Wildman–Crippen LogP) is 2.47. The summed E-state index contributed by atoms with van der Waals surface area (Å²) in [6.07, 6.45) is 2.23. The third-order valence-electron chi connectivity index (χ3n) is 4.03. The summed E-state index contributed by atoms with van der Waals surface area (Å²) in [4.78, 5) is 13.0. The van der Waals surface area contributed by atoms with E-state index in [-0.39, 0.29) is 10.6 Å². The Hall–Kier alpha value is -1.62. The Labute approximate surface area is 113 Å². The molecule has 0 saturated carbocycles.